The molecule has 2 rings (SSSR count). The van der Waals surface area contributed by atoms with Gasteiger partial charge in [0.1, 0.15) is 5.75 Å². The van der Waals surface area contributed by atoms with Crippen LogP contribution in [0, 0.1) is 0 Å². The van der Waals surface area contributed by atoms with Crippen LogP contribution in [-0.2, 0) is 0 Å². The minimum atomic E-state index is -0.157. The van der Waals surface area contributed by atoms with Crippen molar-refractivity contribution in [1.29, 1.82) is 0 Å². The minimum absolute atomic E-state index is 0.0132. The van der Waals surface area contributed by atoms with E-state index >= 15 is 0 Å². The zero-order valence-corrected chi connectivity index (χ0v) is 9.42. The van der Waals surface area contributed by atoms with Crippen molar-refractivity contribution in [3.8, 4) is 5.75 Å². The molecule has 86 valence electrons. The summed E-state index contributed by atoms with van der Waals surface area (Å²) in [5, 5.41) is 15.5. The van der Waals surface area contributed by atoms with E-state index in [-0.39, 0.29) is 22.7 Å². The highest BCUT2D eigenvalue weighted by Gasteiger charge is 2.17. The maximum absolute atomic E-state index is 11.8. The topological polar surface area (TPSA) is 61.4 Å². The molecule has 1 atom stereocenters. The van der Waals surface area contributed by atoms with Crippen LogP contribution in [0.5, 0.6) is 5.75 Å². The number of aromatic hydroxyl groups is 1. The molecule has 1 saturated heterocycles. The number of carbonyl (C=O) groups is 1. The van der Waals surface area contributed by atoms with E-state index in [1.807, 2.05) is 0 Å². The Morgan fingerprint density at radius 3 is 3.00 bits per heavy atom. The van der Waals surface area contributed by atoms with E-state index in [2.05, 4.69) is 10.6 Å². The lowest BCUT2D eigenvalue weighted by atomic mass is 10.2. The van der Waals surface area contributed by atoms with Gasteiger partial charge in [0.2, 0.25) is 0 Å². The Bertz CT molecular complexity index is 403. The average molecular weight is 241 g/mol. The average Bonchev–Trinajstić information content (AvgIpc) is 2.74. The van der Waals surface area contributed by atoms with Crippen LogP contribution < -0.4 is 10.6 Å². The largest absolute Gasteiger partial charge is 0.506 e. The summed E-state index contributed by atoms with van der Waals surface area (Å²) in [5.74, 6) is -0.170. The van der Waals surface area contributed by atoms with Gasteiger partial charge < -0.3 is 15.7 Å². The van der Waals surface area contributed by atoms with Crippen molar-refractivity contribution in [2.24, 2.45) is 0 Å². The normalized spacial score (nSPS) is 19.7. The maximum atomic E-state index is 11.8. The molecule has 0 radical (unpaired) electrons. The highest BCUT2D eigenvalue weighted by atomic mass is 35.5. The van der Waals surface area contributed by atoms with Gasteiger partial charge in [-0.2, -0.15) is 0 Å². The Morgan fingerprint density at radius 1 is 1.56 bits per heavy atom. The molecule has 3 N–H and O–H groups in total. The fourth-order valence-electron chi connectivity index (χ4n) is 1.69. The molecule has 1 aromatic carbocycles. The Hall–Kier alpha value is -1.26. The summed E-state index contributed by atoms with van der Waals surface area (Å²) in [6.45, 7) is 1.73. The van der Waals surface area contributed by atoms with Crippen molar-refractivity contribution in [3.63, 3.8) is 0 Å². The van der Waals surface area contributed by atoms with Gasteiger partial charge in [-0.3, -0.25) is 4.79 Å². The third-order valence-electron chi connectivity index (χ3n) is 2.61. The predicted octanol–water partition coefficient (Wildman–Crippen LogP) is 1.14. The summed E-state index contributed by atoms with van der Waals surface area (Å²) in [6.07, 6.45) is 0.942. The van der Waals surface area contributed by atoms with Gasteiger partial charge in [-0.25, -0.2) is 0 Å². The molecule has 1 aromatic rings. The van der Waals surface area contributed by atoms with Crippen LogP contribution in [0.4, 0.5) is 0 Å². The first kappa shape index (κ1) is 11.2. The molecule has 0 aromatic heterocycles. The van der Waals surface area contributed by atoms with E-state index in [9.17, 15) is 9.90 Å². The minimum Gasteiger partial charge on any atom is -0.506 e. The molecule has 0 aliphatic carbocycles. The Kier molecular flexibility index (Phi) is 3.31. The van der Waals surface area contributed by atoms with Crippen LogP contribution in [-0.4, -0.2) is 30.1 Å². The molecule has 1 heterocycles. The molecule has 1 unspecified atom stereocenters. The van der Waals surface area contributed by atoms with E-state index in [4.69, 9.17) is 11.6 Å². The molecule has 5 heteroatoms. The zero-order chi connectivity index (χ0) is 11.5. The van der Waals surface area contributed by atoms with E-state index in [0.717, 1.165) is 19.5 Å². The predicted molar refractivity (Wildman–Crippen MR) is 61.9 cm³/mol. The SMILES string of the molecule is O=C(NC1CCNC1)c1ccc(O)c(Cl)c1. The zero-order valence-electron chi connectivity index (χ0n) is 8.66. The number of halogens is 1. The molecule has 1 fully saturated rings. The van der Waals surface area contributed by atoms with Crippen molar-refractivity contribution >= 4 is 17.5 Å². The molecule has 1 aliphatic rings. The van der Waals surface area contributed by atoms with Crippen LogP contribution in [0.3, 0.4) is 0 Å². The summed E-state index contributed by atoms with van der Waals surface area (Å²) in [4.78, 5) is 11.8. The van der Waals surface area contributed by atoms with Crippen LogP contribution in [0.15, 0.2) is 18.2 Å². The van der Waals surface area contributed by atoms with Crippen molar-refractivity contribution in [2.75, 3.05) is 13.1 Å². The lowest BCUT2D eigenvalue weighted by Gasteiger charge is -2.11. The summed E-state index contributed by atoms with van der Waals surface area (Å²) in [6, 6.07) is 4.62. The van der Waals surface area contributed by atoms with Crippen LogP contribution >= 0.6 is 11.6 Å². The monoisotopic (exact) mass is 240 g/mol. The van der Waals surface area contributed by atoms with Crippen molar-refractivity contribution in [2.45, 2.75) is 12.5 Å². The van der Waals surface area contributed by atoms with E-state index in [1.165, 1.54) is 12.1 Å². The van der Waals surface area contributed by atoms with Crippen molar-refractivity contribution in [3.05, 3.63) is 28.8 Å². The quantitative estimate of drug-likeness (QED) is 0.727. The lowest BCUT2D eigenvalue weighted by Crippen LogP contribution is -2.36. The molecule has 0 bridgehead atoms. The van der Waals surface area contributed by atoms with Crippen LogP contribution in [0.25, 0.3) is 0 Å². The van der Waals surface area contributed by atoms with Gasteiger partial charge in [0.05, 0.1) is 5.02 Å². The number of amides is 1. The second-order valence-electron chi connectivity index (χ2n) is 3.83. The summed E-state index contributed by atoms with van der Waals surface area (Å²) < 4.78 is 0. The van der Waals surface area contributed by atoms with Gasteiger partial charge in [-0.15, -0.1) is 0 Å². The van der Waals surface area contributed by atoms with Gasteiger partial charge in [0.15, 0.2) is 0 Å². The second-order valence-corrected chi connectivity index (χ2v) is 4.24. The molecule has 16 heavy (non-hydrogen) atoms. The molecular weight excluding hydrogens is 228 g/mol. The number of benzene rings is 1. The smallest absolute Gasteiger partial charge is 0.251 e. The van der Waals surface area contributed by atoms with Crippen molar-refractivity contribution < 1.29 is 9.90 Å². The summed E-state index contributed by atoms with van der Waals surface area (Å²) in [7, 11) is 0. The number of hydrogen-bond acceptors (Lipinski definition) is 3. The number of hydrogen-bond donors (Lipinski definition) is 3. The molecule has 1 amide bonds. The van der Waals surface area contributed by atoms with Crippen molar-refractivity contribution in [1.82, 2.24) is 10.6 Å². The molecular formula is C11H13ClN2O2. The van der Waals surface area contributed by atoms with Gasteiger partial charge in [0, 0.05) is 18.2 Å². The van der Waals surface area contributed by atoms with E-state index in [1.54, 1.807) is 6.07 Å². The highest BCUT2D eigenvalue weighted by Crippen LogP contribution is 2.23. The number of carbonyl (C=O) groups excluding carboxylic acids is 1. The summed E-state index contributed by atoms with van der Waals surface area (Å²) in [5.41, 5.74) is 0.467. The summed E-state index contributed by atoms with van der Waals surface area (Å²) >= 11 is 5.73. The van der Waals surface area contributed by atoms with Gasteiger partial charge in [-0.05, 0) is 31.2 Å². The standard InChI is InChI=1S/C11H13ClN2O2/c12-9-5-7(1-2-10(9)15)11(16)14-8-3-4-13-6-8/h1-2,5,8,13,15H,3-4,6H2,(H,14,16). The fourth-order valence-corrected chi connectivity index (χ4v) is 1.88. The van der Waals surface area contributed by atoms with Gasteiger partial charge >= 0.3 is 0 Å². The number of rotatable bonds is 2. The molecule has 0 saturated carbocycles. The highest BCUT2D eigenvalue weighted by molar-refractivity contribution is 6.32. The Morgan fingerprint density at radius 2 is 2.38 bits per heavy atom. The molecule has 0 spiro atoms. The van der Waals surface area contributed by atoms with Gasteiger partial charge in [0.25, 0.3) is 5.91 Å². The van der Waals surface area contributed by atoms with Gasteiger partial charge in [-0.1, -0.05) is 11.6 Å². The lowest BCUT2D eigenvalue weighted by molar-refractivity contribution is 0.0940. The number of phenols is 1. The first-order valence-electron chi connectivity index (χ1n) is 5.17. The number of nitrogens with one attached hydrogen (secondary N) is 2. The van der Waals surface area contributed by atoms with Crippen LogP contribution in [0.2, 0.25) is 5.02 Å². The number of phenolic OH excluding ortho intramolecular Hbond substituents is 1. The third-order valence-corrected chi connectivity index (χ3v) is 2.91. The first-order valence-corrected chi connectivity index (χ1v) is 5.54. The van der Waals surface area contributed by atoms with E-state index < -0.39 is 0 Å². The maximum Gasteiger partial charge on any atom is 0.251 e. The Balaban J connectivity index is 2.05. The third kappa shape index (κ3) is 2.46. The molecule has 4 nitrogen and oxygen atoms in total. The fraction of sp³-hybridized carbons (Fsp3) is 0.364. The second kappa shape index (κ2) is 4.72. The Labute approximate surface area is 98.6 Å². The van der Waals surface area contributed by atoms with E-state index in [0.29, 0.717) is 5.56 Å². The molecule has 1 aliphatic heterocycles. The first-order chi connectivity index (χ1) is 7.66. The van der Waals surface area contributed by atoms with Crippen LogP contribution in [0.1, 0.15) is 16.8 Å².